The Morgan fingerprint density at radius 1 is 1.20 bits per heavy atom. The van der Waals surface area contributed by atoms with Gasteiger partial charge < -0.3 is 14.5 Å². The number of methoxy groups -OCH3 is 1. The van der Waals surface area contributed by atoms with Gasteiger partial charge in [0.2, 0.25) is 0 Å². The monoisotopic (exact) mass is 425 g/mol. The second-order valence-electron chi connectivity index (χ2n) is 8.60. The fourth-order valence-electron chi connectivity index (χ4n) is 4.41. The Balaban J connectivity index is 1.86. The van der Waals surface area contributed by atoms with Gasteiger partial charge in [0.25, 0.3) is 0 Å². The zero-order valence-corrected chi connectivity index (χ0v) is 18.2. The number of ether oxygens (including phenoxy) is 1. The molecule has 0 radical (unpaired) electrons. The number of hydrogen-bond donors (Lipinski definition) is 1. The third-order valence-corrected chi connectivity index (χ3v) is 6.03. The highest BCUT2D eigenvalue weighted by atomic mass is 35.5. The van der Waals surface area contributed by atoms with Gasteiger partial charge in [-0.25, -0.2) is 4.79 Å². The molecule has 156 valence electrons. The Kier molecular flexibility index (Phi) is 5.10. The number of hydrogen-bond acceptors (Lipinski definition) is 5. The Morgan fingerprint density at radius 2 is 1.93 bits per heavy atom. The lowest BCUT2D eigenvalue weighted by molar-refractivity contribution is -0.136. The molecule has 1 aliphatic heterocycles. The summed E-state index contributed by atoms with van der Waals surface area (Å²) in [7, 11) is 1.34. The molecule has 0 saturated heterocycles. The Labute approximate surface area is 180 Å². The highest BCUT2D eigenvalue weighted by molar-refractivity contribution is 6.33. The van der Waals surface area contributed by atoms with Crippen LogP contribution in [0.5, 0.6) is 0 Å². The maximum absolute atomic E-state index is 13.2. The quantitative estimate of drug-likeness (QED) is 0.669. The number of benzene rings is 1. The van der Waals surface area contributed by atoms with Crippen LogP contribution in [0, 0.1) is 5.41 Å². The van der Waals surface area contributed by atoms with Crippen molar-refractivity contribution in [1.82, 2.24) is 5.32 Å². The van der Waals surface area contributed by atoms with Crippen molar-refractivity contribution >= 4 is 23.4 Å². The van der Waals surface area contributed by atoms with Crippen molar-refractivity contribution < 1.29 is 18.7 Å². The Hall–Kier alpha value is -2.79. The maximum atomic E-state index is 13.2. The van der Waals surface area contributed by atoms with Crippen molar-refractivity contribution in [2.24, 2.45) is 5.41 Å². The minimum atomic E-state index is -0.617. The number of allylic oxidation sites excluding steroid dienone is 3. The number of Topliss-reactive ketones (excluding diaryl/α,β-unsaturated/α-hetero) is 1. The first-order chi connectivity index (χ1) is 14.2. The lowest BCUT2D eigenvalue weighted by Gasteiger charge is -2.38. The second kappa shape index (κ2) is 7.47. The topological polar surface area (TPSA) is 68.5 Å². The van der Waals surface area contributed by atoms with Crippen LogP contribution in [-0.2, 0) is 14.3 Å². The number of halogens is 1. The van der Waals surface area contributed by atoms with Gasteiger partial charge in [0.15, 0.2) is 5.78 Å². The molecule has 2 aromatic rings. The fourth-order valence-corrected chi connectivity index (χ4v) is 4.64. The summed E-state index contributed by atoms with van der Waals surface area (Å²) < 4.78 is 11.2. The van der Waals surface area contributed by atoms with Crippen molar-refractivity contribution in [1.29, 1.82) is 0 Å². The molecule has 1 atom stereocenters. The van der Waals surface area contributed by atoms with Crippen LogP contribution in [0.3, 0.4) is 0 Å². The molecule has 1 aromatic heterocycles. The fraction of sp³-hybridized carbons (Fsp3) is 0.333. The Bertz CT molecular complexity index is 1110. The molecule has 0 spiro atoms. The van der Waals surface area contributed by atoms with E-state index in [0.717, 1.165) is 11.3 Å². The van der Waals surface area contributed by atoms with Crippen molar-refractivity contribution in [3.63, 3.8) is 0 Å². The summed E-state index contributed by atoms with van der Waals surface area (Å²) in [5.74, 6) is 0.0234. The molecule has 6 heteroatoms. The van der Waals surface area contributed by atoms with Crippen LogP contribution >= 0.6 is 11.6 Å². The van der Waals surface area contributed by atoms with Gasteiger partial charge in [-0.05, 0) is 43.0 Å². The third kappa shape index (κ3) is 3.47. The van der Waals surface area contributed by atoms with Gasteiger partial charge in [-0.3, -0.25) is 4.79 Å². The molecule has 0 unspecified atom stereocenters. The average Bonchev–Trinajstić information content (AvgIpc) is 3.15. The van der Waals surface area contributed by atoms with Crippen LogP contribution in [0.25, 0.3) is 11.3 Å². The van der Waals surface area contributed by atoms with Gasteiger partial charge in [0, 0.05) is 29.0 Å². The molecule has 1 aliphatic carbocycles. The minimum absolute atomic E-state index is 0.0170. The molecule has 2 heterocycles. The van der Waals surface area contributed by atoms with Crippen LogP contribution in [0.1, 0.15) is 45.3 Å². The van der Waals surface area contributed by atoms with E-state index in [9.17, 15) is 9.59 Å². The van der Waals surface area contributed by atoms with E-state index in [1.54, 1.807) is 6.07 Å². The third-order valence-electron chi connectivity index (χ3n) is 5.70. The number of furan rings is 1. The van der Waals surface area contributed by atoms with Gasteiger partial charge >= 0.3 is 5.97 Å². The van der Waals surface area contributed by atoms with Gasteiger partial charge in [0.05, 0.1) is 23.6 Å². The zero-order chi connectivity index (χ0) is 21.6. The number of nitrogens with one attached hydrogen (secondary N) is 1. The molecule has 0 amide bonds. The molecule has 1 N–H and O–H groups in total. The van der Waals surface area contributed by atoms with Crippen molar-refractivity contribution in [3.05, 3.63) is 69.7 Å². The highest BCUT2D eigenvalue weighted by Crippen LogP contribution is 2.47. The first-order valence-corrected chi connectivity index (χ1v) is 10.3. The Morgan fingerprint density at radius 3 is 2.63 bits per heavy atom. The summed E-state index contributed by atoms with van der Waals surface area (Å²) in [5.41, 5.74) is 3.10. The van der Waals surface area contributed by atoms with E-state index < -0.39 is 11.9 Å². The summed E-state index contributed by atoms with van der Waals surface area (Å²) in [6.07, 6.45) is 1.13. The molecule has 0 fully saturated rings. The molecule has 5 nitrogen and oxygen atoms in total. The number of rotatable bonds is 3. The smallest absolute Gasteiger partial charge is 0.336 e. The lowest BCUT2D eigenvalue weighted by Crippen LogP contribution is -2.38. The van der Waals surface area contributed by atoms with Crippen LogP contribution in [0.15, 0.2) is 63.4 Å². The predicted octanol–water partition coefficient (Wildman–Crippen LogP) is 5.38. The predicted molar refractivity (Wildman–Crippen MR) is 115 cm³/mol. The average molecular weight is 426 g/mol. The number of dihydropyridines is 1. The second-order valence-corrected chi connectivity index (χ2v) is 9.01. The van der Waals surface area contributed by atoms with E-state index in [4.69, 9.17) is 20.8 Å². The van der Waals surface area contributed by atoms with Gasteiger partial charge in [-0.2, -0.15) is 0 Å². The van der Waals surface area contributed by atoms with Gasteiger partial charge in [-0.15, -0.1) is 0 Å². The summed E-state index contributed by atoms with van der Waals surface area (Å²) in [5, 5.41) is 3.86. The summed E-state index contributed by atoms with van der Waals surface area (Å²) in [6, 6.07) is 11.0. The lowest BCUT2D eigenvalue weighted by atomic mass is 9.69. The molecule has 0 bridgehead atoms. The van der Waals surface area contributed by atoms with E-state index in [1.165, 1.54) is 7.11 Å². The summed E-state index contributed by atoms with van der Waals surface area (Å²) in [4.78, 5) is 25.9. The van der Waals surface area contributed by atoms with E-state index in [2.05, 4.69) is 19.2 Å². The van der Waals surface area contributed by atoms with Crippen molar-refractivity contribution in [2.45, 2.75) is 39.5 Å². The van der Waals surface area contributed by atoms with Crippen molar-refractivity contribution in [3.8, 4) is 11.3 Å². The molecule has 30 heavy (non-hydrogen) atoms. The van der Waals surface area contributed by atoms with E-state index in [1.807, 2.05) is 37.3 Å². The molecular weight excluding hydrogens is 402 g/mol. The number of carbonyl (C=O) groups excluding carboxylic acids is 2. The zero-order valence-electron chi connectivity index (χ0n) is 17.5. The van der Waals surface area contributed by atoms with Crippen LogP contribution in [0.4, 0.5) is 0 Å². The normalized spacial score (nSPS) is 20.7. The summed E-state index contributed by atoms with van der Waals surface area (Å²) >= 11 is 6.33. The largest absolute Gasteiger partial charge is 0.466 e. The molecule has 1 aromatic carbocycles. The van der Waals surface area contributed by atoms with Crippen LogP contribution in [0.2, 0.25) is 5.02 Å². The van der Waals surface area contributed by atoms with E-state index >= 15 is 0 Å². The number of carbonyl (C=O) groups is 2. The standard InChI is InChI=1S/C24H24ClNO4/c1-13-20(23(28)29-4)22(21-16(26-13)11-24(2,3)12-17(21)27)19-10-9-18(30-19)14-7-5-6-8-15(14)25/h5-10,22,26H,11-12H2,1-4H3/t22-/m0/s1. The number of ketones is 1. The van der Waals surface area contributed by atoms with Crippen molar-refractivity contribution in [2.75, 3.05) is 7.11 Å². The van der Waals surface area contributed by atoms with Gasteiger partial charge in [-0.1, -0.05) is 37.6 Å². The SMILES string of the molecule is COC(=O)C1=C(C)NC2=C(C(=O)CC(C)(C)C2)[C@H]1c1ccc(-c2ccccc2Cl)o1. The molecule has 2 aliphatic rings. The maximum Gasteiger partial charge on any atom is 0.336 e. The van der Waals surface area contributed by atoms with E-state index in [0.29, 0.717) is 46.2 Å². The molecule has 4 rings (SSSR count). The highest BCUT2D eigenvalue weighted by Gasteiger charge is 2.44. The first kappa shape index (κ1) is 20.5. The van der Waals surface area contributed by atoms with Crippen LogP contribution in [-0.4, -0.2) is 18.9 Å². The van der Waals surface area contributed by atoms with Gasteiger partial charge in [0.1, 0.15) is 11.5 Å². The summed E-state index contributed by atoms with van der Waals surface area (Å²) in [6.45, 7) is 5.97. The molecular formula is C24H24ClNO4. The molecule has 0 saturated carbocycles. The van der Waals surface area contributed by atoms with E-state index in [-0.39, 0.29) is 11.2 Å². The number of esters is 1. The van der Waals surface area contributed by atoms with Crippen LogP contribution < -0.4 is 5.32 Å². The first-order valence-electron chi connectivity index (χ1n) is 9.89. The minimum Gasteiger partial charge on any atom is -0.466 e.